The summed E-state index contributed by atoms with van der Waals surface area (Å²) in [7, 11) is 0. The molecule has 1 saturated carbocycles. The highest BCUT2D eigenvalue weighted by atomic mass is 16.2. The van der Waals surface area contributed by atoms with Crippen LogP contribution in [0.4, 0.5) is 5.69 Å². The highest BCUT2D eigenvalue weighted by molar-refractivity contribution is 5.91. The van der Waals surface area contributed by atoms with Gasteiger partial charge in [0.15, 0.2) is 0 Å². The zero-order valence-electron chi connectivity index (χ0n) is 21.7. The Bertz CT molecular complexity index is 1380. The van der Waals surface area contributed by atoms with Crippen LogP contribution in [0.2, 0.25) is 0 Å². The summed E-state index contributed by atoms with van der Waals surface area (Å²) in [6, 6.07) is 12.9. The van der Waals surface area contributed by atoms with Crippen LogP contribution in [0.3, 0.4) is 0 Å². The molecule has 1 heterocycles. The zero-order chi connectivity index (χ0) is 26.4. The van der Waals surface area contributed by atoms with Gasteiger partial charge in [-0.15, -0.1) is 0 Å². The lowest BCUT2D eigenvalue weighted by atomic mass is 9.95. The summed E-state index contributed by atoms with van der Waals surface area (Å²) in [4.78, 5) is 51.7. The van der Waals surface area contributed by atoms with Gasteiger partial charge in [0.05, 0.1) is 10.9 Å². The van der Waals surface area contributed by atoms with Crippen molar-refractivity contribution in [1.29, 1.82) is 0 Å². The first-order chi connectivity index (χ1) is 17.8. The number of benzene rings is 2. The number of hydrogen-bond acceptors (Lipinski definition) is 4. The topological polar surface area (TPSA) is 102 Å². The monoisotopic (exact) mass is 504 g/mol. The minimum Gasteiger partial charge on any atom is -0.353 e. The molecule has 2 aromatic carbocycles. The van der Waals surface area contributed by atoms with Crippen LogP contribution in [0.25, 0.3) is 10.9 Å². The highest BCUT2D eigenvalue weighted by Gasteiger charge is 2.17. The van der Waals surface area contributed by atoms with Crippen LogP contribution < -0.4 is 21.9 Å². The molecule has 1 aliphatic rings. The number of unbranched alkanes of at least 4 members (excludes halogenated alkanes) is 1. The first kappa shape index (κ1) is 26.4. The molecule has 0 saturated heterocycles. The zero-order valence-corrected chi connectivity index (χ0v) is 21.7. The lowest BCUT2D eigenvalue weighted by Crippen LogP contribution is -2.41. The van der Waals surface area contributed by atoms with Gasteiger partial charge in [-0.3, -0.25) is 23.5 Å². The van der Waals surface area contributed by atoms with Gasteiger partial charge < -0.3 is 10.6 Å². The maximum atomic E-state index is 13.4. The Morgan fingerprint density at radius 2 is 1.59 bits per heavy atom. The molecule has 2 N–H and O–H groups in total. The van der Waals surface area contributed by atoms with Crippen molar-refractivity contribution >= 4 is 28.4 Å². The van der Waals surface area contributed by atoms with Crippen molar-refractivity contribution in [2.75, 3.05) is 5.32 Å². The van der Waals surface area contributed by atoms with Gasteiger partial charge in [0.1, 0.15) is 6.54 Å². The lowest BCUT2D eigenvalue weighted by Gasteiger charge is -2.22. The van der Waals surface area contributed by atoms with E-state index in [1.165, 1.54) is 15.6 Å². The predicted molar refractivity (Wildman–Crippen MR) is 146 cm³/mol. The van der Waals surface area contributed by atoms with Crippen LogP contribution in [0, 0.1) is 13.8 Å². The molecule has 0 radical (unpaired) electrons. The summed E-state index contributed by atoms with van der Waals surface area (Å²) in [5.41, 5.74) is 2.25. The van der Waals surface area contributed by atoms with Gasteiger partial charge in [-0.1, -0.05) is 37.5 Å². The third-order valence-corrected chi connectivity index (χ3v) is 6.95. The van der Waals surface area contributed by atoms with E-state index in [1.807, 2.05) is 32.0 Å². The summed E-state index contributed by atoms with van der Waals surface area (Å²) < 4.78 is 2.54. The van der Waals surface area contributed by atoms with Crippen LogP contribution in [-0.2, 0) is 22.7 Å². The molecule has 8 heteroatoms. The number of carbonyl (C=O) groups excluding carboxylic acids is 2. The number of amides is 2. The van der Waals surface area contributed by atoms with E-state index in [4.69, 9.17) is 0 Å². The van der Waals surface area contributed by atoms with Crippen molar-refractivity contribution in [1.82, 2.24) is 14.5 Å². The molecule has 1 aliphatic carbocycles. The predicted octanol–water partition coefficient (Wildman–Crippen LogP) is 4.04. The lowest BCUT2D eigenvalue weighted by molar-refractivity contribution is -0.122. The minimum atomic E-state index is -0.522. The molecule has 2 amide bonds. The fourth-order valence-corrected chi connectivity index (χ4v) is 5.21. The number of fused-ring (bicyclic) bond motifs is 1. The van der Waals surface area contributed by atoms with Gasteiger partial charge in [-0.2, -0.15) is 0 Å². The average molecular weight is 505 g/mol. The molecule has 0 unspecified atom stereocenters. The van der Waals surface area contributed by atoms with Crippen LogP contribution in [0.5, 0.6) is 0 Å². The van der Waals surface area contributed by atoms with E-state index < -0.39 is 5.69 Å². The molecule has 1 aromatic heterocycles. The van der Waals surface area contributed by atoms with Crippen LogP contribution in [0.15, 0.2) is 52.1 Å². The van der Waals surface area contributed by atoms with Crippen LogP contribution in [0.1, 0.15) is 62.5 Å². The van der Waals surface area contributed by atoms with Gasteiger partial charge in [0, 0.05) is 24.7 Å². The Morgan fingerprint density at radius 1 is 0.892 bits per heavy atom. The fraction of sp³-hybridized carbons (Fsp3) is 0.448. The van der Waals surface area contributed by atoms with Crippen molar-refractivity contribution in [3.63, 3.8) is 0 Å². The molecule has 0 atom stereocenters. The molecular weight excluding hydrogens is 468 g/mol. The molecular formula is C29H36N4O4. The Balaban J connectivity index is 1.46. The van der Waals surface area contributed by atoms with Crippen molar-refractivity contribution < 1.29 is 9.59 Å². The van der Waals surface area contributed by atoms with Crippen LogP contribution in [-0.4, -0.2) is 27.0 Å². The summed E-state index contributed by atoms with van der Waals surface area (Å²) in [6.07, 6.45) is 7.08. The van der Waals surface area contributed by atoms with Crippen molar-refractivity contribution in [3.8, 4) is 0 Å². The van der Waals surface area contributed by atoms with E-state index in [0.717, 1.165) is 36.8 Å². The largest absolute Gasteiger partial charge is 0.353 e. The summed E-state index contributed by atoms with van der Waals surface area (Å²) >= 11 is 0. The number of carbonyl (C=O) groups is 2. The van der Waals surface area contributed by atoms with E-state index >= 15 is 0 Å². The van der Waals surface area contributed by atoms with Crippen molar-refractivity contribution in [3.05, 3.63) is 74.4 Å². The Hall–Kier alpha value is -3.68. The molecule has 1 fully saturated rings. The number of hydrogen-bond donors (Lipinski definition) is 2. The summed E-state index contributed by atoms with van der Waals surface area (Å²) in [6.45, 7) is 3.89. The molecule has 0 spiro atoms. The Kier molecular flexibility index (Phi) is 8.58. The van der Waals surface area contributed by atoms with Gasteiger partial charge >= 0.3 is 5.69 Å². The molecule has 8 nitrogen and oxygen atoms in total. The molecule has 196 valence electrons. The molecule has 3 aromatic rings. The number of nitrogens with one attached hydrogen (secondary N) is 2. The maximum Gasteiger partial charge on any atom is 0.331 e. The Labute approximate surface area is 216 Å². The third-order valence-electron chi connectivity index (χ3n) is 6.95. The normalized spacial score (nSPS) is 14.0. The number of rotatable bonds is 9. The van der Waals surface area contributed by atoms with E-state index in [-0.39, 0.29) is 36.5 Å². The SMILES string of the molecule is Cc1cc(C)cc(NC(=O)Cn2c(=O)n(CCCCC(=O)NC3CCCCC3)c(=O)c3ccccc32)c1. The number of aryl methyl sites for hydroxylation is 2. The smallest absolute Gasteiger partial charge is 0.331 e. The minimum absolute atomic E-state index is 0.0261. The molecule has 37 heavy (non-hydrogen) atoms. The first-order valence-electron chi connectivity index (χ1n) is 13.2. The molecule has 0 bridgehead atoms. The van der Waals surface area contributed by atoms with E-state index in [1.54, 1.807) is 24.3 Å². The number of nitrogens with zero attached hydrogens (tertiary/aromatic N) is 2. The second-order valence-electron chi connectivity index (χ2n) is 10.1. The van der Waals surface area contributed by atoms with Crippen LogP contribution >= 0.6 is 0 Å². The maximum absolute atomic E-state index is 13.4. The van der Waals surface area contributed by atoms with Gasteiger partial charge in [-0.05, 0) is 74.9 Å². The van der Waals surface area contributed by atoms with Gasteiger partial charge in [-0.25, -0.2) is 4.79 Å². The number of anilines is 1. The second-order valence-corrected chi connectivity index (χ2v) is 10.1. The standard InChI is InChI=1S/C29H36N4O4/c1-20-16-21(2)18-23(17-20)31-27(35)19-33-25-13-7-6-12-24(25)28(36)32(29(33)37)15-9-8-14-26(34)30-22-10-4-3-5-11-22/h6-7,12-13,16-18,22H,3-5,8-11,14-15,19H2,1-2H3,(H,30,34)(H,31,35). The quantitative estimate of drug-likeness (QED) is 0.430. The summed E-state index contributed by atoms with van der Waals surface area (Å²) in [5.74, 6) is -0.319. The van der Waals surface area contributed by atoms with Crippen molar-refractivity contribution in [2.45, 2.75) is 84.3 Å². The summed E-state index contributed by atoms with van der Waals surface area (Å²) in [5, 5.41) is 6.36. The number of aromatic nitrogens is 2. The van der Waals surface area contributed by atoms with Crippen molar-refractivity contribution in [2.24, 2.45) is 0 Å². The van der Waals surface area contributed by atoms with E-state index in [0.29, 0.717) is 35.9 Å². The van der Waals surface area contributed by atoms with Gasteiger partial charge in [0.2, 0.25) is 11.8 Å². The van der Waals surface area contributed by atoms with E-state index in [2.05, 4.69) is 10.6 Å². The molecule has 4 rings (SSSR count). The van der Waals surface area contributed by atoms with E-state index in [9.17, 15) is 19.2 Å². The second kappa shape index (κ2) is 12.0. The average Bonchev–Trinajstić information content (AvgIpc) is 2.86. The fourth-order valence-electron chi connectivity index (χ4n) is 5.21. The Morgan fingerprint density at radius 3 is 2.32 bits per heavy atom. The third kappa shape index (κ3) is 6.76. The first-order valence-corrected chi connectivity index (χ1v) is 13.2. The van der Waals surface area contributed by atoms with Gasteiger partial charge in [0.25, 0.3) is 5.56 Å². The number of para-hydroxylation sites is 1. The highest BCUT2D eigenvalue weighted by Crippen LogP contribution is 2.18. The molecule has 0 aliphatic heterocycles.